The van der Waals surface area contributed by atoms with E-state index in [1.54, 1.807) is 17.8 Å². The van der Waals surface area contributed by atoms with Crippen molar-refractivity contribution in [2.45, 2.75) is 97.4 Å². The van der Waals surface area contributed by atoms with Crippen molar-refractivity contribution in [3.8, 4) is 5.75 Å². The number of anilines is 2. The number of rotatable bonds is 18. The van der Waals surface area contributed by atoms with Gasteiger partial charge in [-0.25, -0.2) is 4.79 Å². The minimum Gasteiger partial charge on any atom is -0.490 e. The zero-order valence-electron chi connectivity index (χ0n) is 24.2. The summed E-state index contributed by atoms with van der Waals surface area (Å²) in [5.74, 6) is 1.45. The van der Waals surface area contributed by atoms with Crippen LogP contribution in [0, 0.1) is 0 Å². The number of hydrogen-bond acceptors (Lipinski definition) is 4. The van der Waals surface area contributed by atoms with Gasteiger partial charge in [-0.05, 0) is 42.5 Å². The molecule has 0 saturated heterocycles. The molecule has 0 fully saturated rings. The maximum Gasteiger partial charge on any atom is 0.323 e. The first kappa shape index (κ1) is 34.4. The lowest BCUT2D eigenvalue weighted by atomic mass is 10.1. The number of para-hydroxylation sites is 2. The summed E-state index contributed by atoms with van der Waals surface area (Å²) in [4.78, 5) is 15.2. The molecule has 1 heterocycles. The summed E-state index contributed by atoms with van der Waals surface area (Å²) in [6, 6.07) is 13.0. The number of ether oxygens (including phenoxy) is 1. The fraction of sp³-hybridized carbons (Fsp3) is 0.531. The minimum atomic E-state index is -0.317. The van der Waals surface area contributed by atoms with Crippen LogP contribution in [-0.2, 0) is 6.54 Å². The van der Waals surface area contributed by atoms with Crippen molar-refractivity contribution in [1.82, 2.24) is 4.90 Å². The molecule has 0 aliphatic carbocycles. The molecule has 0 atom stereocenters. The molecule has 2 amide bonds. The molecule has 0 aromatic heterocycles. The topological polar surface area (TPSA) is 53.6 Å². The van der Waals surface area contributed by atoms with Gasteiger partial charge in [0.25, 0.3) is 0 Å². The largest absolute Gasteiger partial charge is 0.490 e. The highest BCUT2D eigenvalue weighted by Gasteiger charge is 2.16. The number of benzene rings is 2. The Morgan fingerprint density at radius 1 is 0.875 bits per heavy atom. The van der Waals surface area contributed by atoms with E-state index in [0.29, 0.717) is 23.1 Å². The van der Waals surface area contributed by atoms with Gasteiger partial charge in [0.15, 0.2) is 5.75 Å². The third-order valence-electron chi connectivity index (χ3n) is 7.07. The summed E-state index contributed by atoms with van der Waals surface area (Å²) in [6.45, 7) is 5.71. The average molecular weight is 653 g/mol. The fourth-order valence-corrected chi connectivity index (χ4v) is 5.90. The van der Waals surface area contributed by atoms with Crippen molar-refractivity contribution in [2.75, 3.05) is 23.1 Å². The van der Waals surface area contributed by atoms with E-state index >= 15 is 0 Å². The molecule has 8 heteroatoms. The number of halogens is 2. The Morgan fingerprint density at radius 3 is 2.12 bits per heavy atom. The van der Waals surface area contributed by atoms with Gasteiger partial charge in [-0.3, -0.25) is 0 Å². The number of amides is 2. The Kier molecular flexibility index (Phi) is 17.3. The van der Waals surface area contributed by atoms with Crippen LogP contribution in [0.25, 0.3) is 0 Å². The van der Waals surface area contributed by atoms with Gasteiger partial charge in [-0.1, -0.05) is 113 Å². The first-order chi connectivity index (χ1) is 19.1. The summed E-state index contributed by atoms with van der Waals surface area (Å²) in [5, 5.41) is 8.62. The smallest absolute Gasteiger partial charge is 0.323 e. The lowest BCUT2D eigenvalue weighted by Gasteiger charge is -2.21. The van der Waals surface area contributed by atoms with Crippen LogP contribution in [0.3, 0.4) is 0 Å². The van der Waals surface area contributed by atoms with E-state index in [2.05, 4.69) is 40.9 Å². The van der Waals surface area contributed by atoms with E-state index in [1.165, 1.54) is 69.9 Å². The summed E-state index contributed by atoms with van der Waals surface area (Å²) < 4.78 is 6.05. The number of urea groups is 1. The molecule has 0 unspecified atom stereocenters. The number of hydrogen-bond donors (Lipinski definition) is 2. The van der Waals surface area contributed by atoms with Gasteiger partial charge in [0, 0.05) is 17.9 Å². The number of allylic oxidation sites excluding steroid dienone is 1. The van der Waals surface area contributed by atoms with Crippen LogP contribution in [-0.4, -0.2) is 23.4 Å². The van der Waals surface area contributed by atoms with Crippen molar-refractivity contribution in [1.29, 1.82) is 0 Å². The highest BCUT2D eigenvalue weighted by atomic mass is 79.9. The fourth-order valence-electron chi connectivity index (χ4n) is 4.73. The third-order valence-corrected chi connectivity index (χ3v) is 8.34. The highest BCUT2D eigenvalue weighted by Crippen LogP contribution is 2.33. The summed E-state index contributed by atoms with van der Waals surface area (Å²) >= 11 is 8.24. The van der Waals surface area contributed by atoms with E-state index in [0.717, 1.165) is 36.5 Å². The average Bonchev–Trinajstić information content (AvgIpc) is 3.33. The summed E-state index contributed by atoms with van der Waals surface area (Å²) in [7, 11) is 0. The van der Waals surface area contributed by atoms with E-state index in [9.17, 15) is 4.79 Å². The normalized spacial score (nSPS) is 12.6. The monoisotopic (exact) mass is 651 g/mol. The van der Waals surface area contributed by atoms with Gasteiger partial charge in [-0.2, -0.15) is 0 Å². The molecule has 222 valence electrons. The molecule has 2 aromatic carbocycles. The van der Waals surface area contributed by atoms with Gasteiger partial charge in [0.1, 0.15) is 0 Å². The van der Waals surface area contributed by atoms with Crippen molar-refractivity contribution < 1.29 is 9.53 Å². The highest BCUT2D eigenvalue weighted by molar-refractivity contribution is 8.93. The second kappa shape index (κ2) is 20.1. The number of unbranched alkanes of at least 4 members (excludes halogenated alkanes) is 11. The van der Waals surface area contributed by atoms with Gasteiger partial charge >= 0.3 is 6.03 Å². The zero-order chi connectivity index (χ0) is 27.7. The number of nitrogens with zero attached hydrogens (tertiary/aromatic N) is 1. The van der Waals surface area contributed by atoms with E-state index < -0.39 is 0 Å². The molecule has 0 spiro atoms. The maximum atomic E-state index is 12.9. The van der Waals surface area contributed by atoms with Crippen LogP contribution >= 0.6 is 40.3 Å². The number of carbonyl (C=O) groups excluding carboxylic acids is 1. The molecule has 0 saturated carbocycles. The van der Waals surface area contributed by atoms with E-state index in [1.807, 2.05) is 30.3 Å². The van der Waals surface area contributed by atoms with Crippen LogP contribution < -0.4 is 15.4 Å². The standard InChI is InChI=1S/C32H46ClN3O2S.BrH/c1-3-4-5-6-7-8-9-10-11-12-13-16-22-38-31-28(33)19-17-21-30(31)35-32(37)34-29-20-15-14-18-27(29)23-36-25-39-24-26(36)2;/h14-15,17-21,24H,3-13,16,22-23,25H2,1-2H3,(H2,34,35,37);1H. The summed E-state index contributed by atoms with van der Waals surface area (Å²) in [5.41, 5.74) is 3.68. The molecular formula is C32H47BrClN3O2S. The van der Waals surface area contributed by atoms with Crippen molar-refractivity contribution in [3.05, 3.63) is 64.2 Å². The van der Waals surface area contributed by atoms with Crippen molar-refractivity contribution >= 4 is 57.8 Å². The molecule has 40 heavy (non-hydrogen) atoms. The molecular weight excluding hydrogens is 606 g/mol. The molecule has 3 rings (SSSR count). The van der Waals surface area contributed by atoms with Crippen LogP contribution in [0.1, 0.15) is 96.5 Å². The van der Waals surface area contributed by atoms with Gasteiger partial charge in [0.05, 0.1) is 23.2 Å². The predicted octanol–water partition coefficient (Wildman–Crippen LogP) is 11.0. The Balaban J connectivity index is 0.00000560. The SMILES string of the molecule is Br.CCCCCCCCCCCCCCOc1c(Cl)cccc1NC(=O)Nc1ccccc1CN1CSC=C1C. The Labute approximate surface area is 261 Å². The molecule has 0 bridgehead atoms. The molecule has 1 aliphatic rings. The number of carbonyl (C=O) groups is 1. The van der Waals surface area contributed by atoms with Gasteiger partial charge in [0.2, 0.25) is 0 Å². The third kappa shape index (κ3) is 12.4. The van der Waals surface area contributed by atoms with E-state index in [-0.39, 0.29) is 23.0 Å². The van der Waals surface area contributed by atoms with Gasteiger partial charge in [-0.15, -0.1) is 28.7 Å². The second-order valence-electron chi connectivity index (χ2n) is 10.3. The van der Waals surface area contributed by atoms with Gasteiger partial charge < -0.3 is 20.3 Å². The minimum absolute atomic E-state index is 0. The Hall–Kier alpha value is -1.83. The molecule has 5 nitrogen and oxygen atoms in total. The molecule has 0 radical (unpaired) electrons. The first-order valence-corrected chi connectivity index (χ1v) is 16.1. The first-order valence-electron chi connectivity index (χ1n) is 14.7. The molecule has 2 aromatic rings. The number of nitrogens with one attached hydrogen (secondary N) is 2. The lowest BCUT2D eigenvalue weighted by Crippen LogP contribution is -2.23. The number of thioether (sulfide) groups is 1. The quantitative estimate of drug-likeness (QED) is 0.157. The Bertz CT molecular complexity index is 1050. The predicted molar refractivity (Wildman–Crippen MR) is 179 cm³/mol. The molecule has 1 aliphatic heterocycles. The summed E-state index contributed by atoms with van der Waals surface area (Å²) in [6.07, 6.45) is 15.6. The van der Waals surface area contributed by atoms with E-state index in [4.69, 9.17) is 16.3 Å². The maximum absolute atomic E-state index is 12.9. The van der Waals surface area contributed by atoms with Crippen LogP contribution in [0.15, 0.2) is 53.6 Å². The zero-order valence-corrected chi connectivity index (χ0v) is 27.5. The van der Waals surface area contributed by atoms with Crippen LogP contribution in [0.4, 0.5) is 16.2 Å². The van der Waals surface area contributed by atoms with Crippen LogP contribution in [0.5, 0.6) is 5.75 Å². The lowest BCUT2D eigenvalue weighted by molar-refractivity contribution is 0.261. The van der Waals surface area contributed by atoms with Crippen molar-refractivity contribution in [3.63, 3.8) is 0 Å². The van der Waals surface area contributed by atoms with Crippen LogP contribution in [0.2, 0.25) is 5.02 Å². The second-order valence-corrected chi connectivity index (χ2v) is 11.6. The Morgan fingerprint density at radius 2 is 1.48 bits per heavy atom. The van der Waals surface area contributed by atoms with Crippen molar-refractivity contribution in [2.24, 2.45) is 0 Å². The molecule has 2 N–H and O–H groups in total.